The second-order valence-electron chi connectivity index (χ2n) is 8.12. The van der Waals surface area contributed by atoms with Crippen LogP contribution >= 0.6 is 0 Å². The average molecular weight is 466 g/mol. The van der Waals surface area contributed by atoms with E-state index in [0.29, 0.717) is 24.2 Å². The highest BCUT2D eigenvalue weighted by atomic mass is 16.2. The van der Waals surface area contributed by atoms with Crippen LogP contribution in [0.1, 0.15) is 16.1 Å². The van der Waals surface area contributed by atoms with Gasteiger partial charge in [-0.25, -0.2) is 4.98 Å². The molecule has 9 nitrogen and oxygen atoms in total. The quantitative estimate of drug-likeness (QED) is 0.356. The van der Waals surface area contributed by atoms with Gasteiger partial charge in [0.25, 0.3) is 5.91 Å². The van der Waals surface area contributed by atoms with E-state index >= 15 is 0 Å². The van der Waals surface area contributed by atoms with Gasteiger partial charge in [0.15, 0.2) is 0 Å². The second-order valence-corrected chi connectivity index (χ2v) is 8.12. The average Bonchev–Trinajstić information content (AvgIpc) is 3.51. The Morgan fingerprint density at radius 3 is 2.86 bits per heavy atom. The first-order valence-corrected chi connectivity index (χ1v) is 11.1. The van der Waals surface area contributed by atoms with E-state index in [0.717, 1.165) is 33.4 Å². The van der Waals surface area contributed by atoms with Crippen molar-refractivity contribution >= 4 is 34.1 Å². The van der Waals surface area contributed by atoms with Crippen LogP contribution in [0, 0.1) is 0 Å². The number of amides is 2. The highest BCUT2D eigenvalue weighted by molar-refractivity contribution is 6.01. The van der Waals surface area contributed by atoms with E-state index in [2.05, 4.69) is 38.1 Å². The number of carbonyl (C=O) groups excluding carboxylic acids is 2. The number of nitrogens with zero attached hydrogens (tertiary/aromatic N) is 5. The molecule has 0 spiro atoms. The molecule has 5 aromatic rings. The molecule has 0 atom stereocenters. The number of rotatable bonds is 7. The molecule has 0 unspecified atom stereocenters. The molecule has 9 heteroatoms. The minimum Gasteiger partial charge on any atom is -0.343 e. The van der Waals surface area contributed by atoms with E-state index in [9.17, 15) is 9.59 Å². The lowest BCUT2D eigenvalue weighted by molar-refractivity contribution is -0.111. The van der Waals surface area contributed by atoms with E-state index in [4.69, 9.17) is 0 Å². The van der Waals surface area contributed by atoms with Gasteiger partial charge in [-0.05, 0) is 54.1 Å². The minimum atomic E-state index is -0.324. The first-order chi connectivity index (χ1) is 17.0. The number of aromatic amines is 1. The summed E-state index contributed by atoms with van der Waals surface area (Å²) < 4.78 is 1.60. The van der Waals surface area contributed by atoms with Crippen molar-refractivity contribution in [2.24, 2.45) is 0 Å². The van der Waals surface area contributed by atoms with E-state index in [1.807, 2.05) is 24.4 Å². The van der Waals surface area contributed by atoms with Crippen LogP contribution < -0.4 is 5.32 Å². The predicted octanol–water partition coefficient (Wildman–Crippen LogP) is 3.71. The number of pyridine rings is 1. The molecule has 0 fully saturated rings. The number of benzene rings is 1. The number of H-pyrrole nitrogens is 1. The van der Waals surface area contributed by atoms with Crippen molar-refractivity contribution in [3.63, 3.8) is 0 Å². The number of aromatic nitrogens is 5. The molecule has 0 aliphatic heterocycles. The van der Waals surface area contributed by atoms with Crippen LogP contribution in [0.5, 0.6) is 0 Å². The summed E-state index contributed by atoms with van der Waals surface area (Å²) in [6.07, 6.45) is 7.09. The third kappa shape index (κ3) is 4.39. The van der Waals surface area contributed by atoms with Crippen molar-refractivity contribution < 1.29 is 9.59 Å². The second kappa shape index (κ2) is 9.22. The Hall–Kier alpha value is -4.79. The smallest absolute Gasteiger partial charge is 0.253 e. The summed E-state index contributed by atoms with van der Waals surface area (Å²) in [5, 5.41) is 12.3. The Morgan fingerprint density at radius 1 is 1.11 bits per heavy atom. The van der Waals surface area contributed by atoms with Crippen LogP contribution in [0.25, 0.3) is 27.7 Å². The van der Waals surface area contributed by atoms with Gasteiger partial charge in [0.1, 0.15) is 5.65 Å². The third-order valence-corrected chi connectivity index (χ3v) is 5.81. The monoisotopic (exact) mass is 465 g/mol. The summed E-state index contributed by atoms with van der Waals surface area (Å²) in [6.45, 7) is 3.95. The lowest BCUT2D eigenvalue weighted by atomic mass is 10.1. The minimum absolute atomic E-state index is 0.131. The summed E-state index contributed by atoms with van der Waals surface area (Å²) in [5.41, 5.74) is 5.71. The molecule has 1 aromatic carbocycles. The van der Waals surface area contributed by atoms with Crippen LogP contribution in [-0.4, -0.2) is 55.1 Å². The van der Waals surface area contributed by atoms with Gasteiger partial charge >= 0.3 is 0 Å². The molecule has 0 bridgehead atoms. The Morgan fingerprint density at radius 2 is 2.00 bits per heavy atom. The molecule has 0 radical (unpaired) electrons. The van der Waals surface area contributed by atoms with Crippen LogP contribution in [0.4, 0.5) is 5.69 Å². The summed E-state index contributed by atoms with van der Waals surface area (Å²) in [5.74, 6) is -0.455. The standard InChI is InChI=1S/C26H23N7O2/c1-3-24(34)30-18-7-4-6-17(14-18)26(35)32(2)13-10-19-15-21-20(9-12-27-25(21)31-19)22-16-29-33-23(22)8-5-11-28-33/h3-9,11-12,14-16H,1,10,13H2,2H3,(H,27,31)(H,30,34). The van der Waals surface area contributed by atoms with Crippen molar-refractivity contribution in [3.05, 3.63) is 91.0 Å². The summed E-state index contributed by atoms with van der Waals surface area (Å²) >= 11 is 0. The summed E-state index contributed by atoms with van der Waals surface area (Å²) in [7, 11) is 1.76. The van der Waals surface area contributed by atoms with Gasteiger partial charge in [0.2, 0.25) is 5.91 Å². The molecule has 0 saturated carbocycles. The van der Waals surface area contributed by atoms with Crippen LogP contribution in [0.2, 0.25) is 0 Å². The fourth-order valence-electron chi connectivity index (χ4n) is 4.02. The number of anilines is 1. The van der Waals surface area contributed by atoms with Gasteiger partial charge in [-0.15, -0.1) is 0 Å². The number of fused-ring (bicyclic) bond motifs is 2. The van der Waals surface area contributed by atoms with Crippen molar-refractivity contribution in [3.8, 4) is 11.1 Å². The van der Waals surface area contributed by atoms with Crippen LogP contribution in [0.3, 0.4) is 0 Å². The number of hydrogen-bond acceptors (Lipinski definition) is 5. The maximum absolute atomic E-state index is 12.9. The first kappa shape index (κ1) is 22.0. The normalized spacial score (nSPS) is 11.0. The SMILES string of the molecule is C=CC(=O)Nc1cccc(C(=O)N(C)CCc2cc3c(-c4cnn5ncccc45)ccnc3[nH]2)c1. The third-order valence-electron chi connectivity index (χ3n) is 5.81. The fraction of sp³-hybridized carbons (Fsp3) is 0.115. The van der Waals surface area contributed by atoms with Gasteiger partial charge < -0.3 is 15.2 Å². The zero-order chi connectivity index (χ0) is 24.4. The lowest BCUT2D eigenvalue weighted by Crippen LogP contribution is -2.29. The number of hydrogen-bond donors (Lipinski definition) is 2. The number of nitrogens with one attached hydrogen (secondary N) is 2. The lowest BCUT2D eigenvalue weighted by Gasteiger charge is -2.17. The molecule has 4 aromatic heterocycles. The molecule has 5 rings (SSSR count). The Kier molecular flexibility index (Phi) is 5.80. The van der Waals surface area contributed by atoms with E-state index in [1.54, 1.807) is 53.2 Å². The zero-order valence-electron chi connectivity index (χ0n) is 19.1. The van der Waals surface area contributed by atoms with Gasteiger partial charge in [-0.1, -0.05) is 12.6 Å². The highest BCUT2D eigenvalue weighted by Crippen LogP contribution is 2.30. The van der Waals surface area contributed by atoms with Gasteiger partial charge in [-0.2, -0.15) is 14.8 Å². The molecular weight excluding hydrogens is 442 g/mol. The summed E-state index contributed by atoms with van der Waals surface area (Å²) in [4.78, 5) is 34.0. The zero-order valence-corrected chi connectivity index (χ0v) is 19.1. The van der Waals surface area contributed by atoms with Gasteiger partial charge in [-0.3, -0.25) is 9.59 Å². The Labute approximate surface area is 201 Å². The number of likely N-dealkylation sites (N-methyl/N-ethyl adjacent to an activating group) is 1. The van der Waals surface area contributed by atoms with Crippen LogP contribution in [-0.2, 0) is 11.2 Å². The molecule has 0 saturated heterocycles. The first-order valence-electron chi connectivity index (χ1n) is 11.1. The molecule has 0 aliphatic rings. The Balaban J connectivity index is 1.33. The van der Waals surface area contributed by atoms with E-state index in [1.165, 1.54) is 6.08 Å². The van der Waals surface area contributed by atoms with Crippen LogP contribution in [0.15, 0.2) is 79.8 Å². The van der Waals surface area contributed by atoms with Crippen molar-refractivity contribution in [1.29, 1.82) is 0 Å². The van der Waals surface area contributed by atoms with E-state index in [-0.39, 0.29) is 11.8 Å². The molecule has 35 heavy (non-hydrogen) atoms. The summed E-state index contributed by atoms with van der Waals surface area (Å²) in [6, 6.07) is 14.8. The molecule has 0 aliphatic carbocycles. The fourth-order valence-corrected chi connectivity index (χ4v) is 4.02. The topological polar surface area (TPSA) is 108 Å². The largest absolute Gasteiger partial charge is 0.343 e. The Bertz CT molecular complexity index is 1570. The van der Waals surface area contributed by atoms with Gasteiger partial charge in [0, 0.05) is 60.3 Å². The van der Waals surface area contributed by atoms with Gasteiger partial charge in [0.05, 0.1) is 11.7 Å². The highest BCUT2D eigenvalue weighted by Gasteiger charge is 2.15. The maximum atomic E-state index is 12.9. The van der Waals surface area contributed by atoms with Crippen molar-refractivity contribution in [2.75, 3.05) is 18.9 Å². The molecular formula is C26H23N7O2. The van der Waals surface area contributed by atoms with Crippen molar-refractivity contribution in [2.45, 2.75) is 6.42 Å². The molecule has 2 N–H and O–H groups in total. The molecule has 174 valence electrons. The van der Waals surface area contributed by atoms with Crippen molar-refractivity contribution in [1.82, 2.24) is 29.7 Å². The molecule has 4 heterocycles. The van der Waals surface area contributed by atoms with E-state index < -0.39 is 0 Å². The predicted molar refractivity (Wildman–Crippen MR) is 134 cm³/mol. The maximum Gasteiger partial charge on any atom is 0.253 e. The molecule has 2 amide bonds. The number of carbonyl (C=O) groups is 2.